The number of hydrazine groups is 1. The molecule has 10 heteroatoms. The molecule has 1 saturated heterocycles. The summed E-state index contributed by atoms with van der Waals surface area (Å²) in [6.45, 7) is 1.44. The smallest absolute Gasteiger partial charge is 0.260 e. The second-order valence-electron chi connectivity index (χ2n) is 5.75. The molecule has 1 aromatic rings. The highest BCUT2D eigenvalue weighted by Gasteiger charge is 2.33. The van der Waals surface area contributed by atoms with E-state index < -0.39 is 39.5 Å². The van der Waals surface area contributed by atoms with Gasteiger partial charge in [-0.05, 0) is 25.5 Å². The number of carbonyl (C=O) groups is 3. The Bertz CT molecular complexity index is 796. The van der Waals surface area contributed by atoms with Gasteiger partial charge in [-0.3, -0.25) is 25.2 Å². The summed E-state index contributed by atoms with van der Waals surface area (Å²) in [7, 11) is -3.19. The topological polar surface area (TPSA) is 121 Å². The Kier molecular flexibility index (Phi) is 6.02. The number of carbonyl (C=O) groups excluding carboxylic acids is 3. The zero-order chi connectivity index (χ0) is 18.6. The second-order valence-corrected chi connectivity index (χ2v) is 8.39. The summed E-state index contributed by atoms with van der Waals surface area (Å²) in [5.41, 5.74) is 4.59. The van der Waals surface area contributed by atoms with Crippen molar-refractivity contribution in [1.29, 1.82) is 0 Å². The molecule has 8 nitrogen and oxygen atoms in total. The number of amides is 3. The van der Waals surface area contributed by atoms with E-state index in [2.05, 4.69) is 16.2 Å². The highest BCUT2D eigenvalue weighted by Crippen LogP contribution is 2.18. The average molecular weight is 388 g/mol. The molecule has 0 aromatic heterocycles. The van der Waals surface area contributed by atoms with Crippen molar-refractivity contribution < 1.29 is 22.8 Å². The van der Waals surface area contributed by atoms with Gasteiger partial charge in [0.1, 0.15) is 6.04 Å². The second kappa shape index (κ2) is 7.83. The standard InChI is InChI=1S/C15H18ClN3O5S/c1-9(17-15(22)11-4-2-3-5-12(11)16)13(20)18-19-14(21)10-6-7-25(23,24)8-10/h2-5,9-10H,6-8H2,1H3,(H,17,22)(H,18,20)(H,19,21)/t9-,10-/m0/s1. The number of rotatable bonds is 4. The lowest BCUT2D eigenvalue weighted by molar-refractivity contribution is -0.131. The quantitative estimate of drug-likeness (QED) is 0.630. The van der Waals surface area contributed by atoms with Gasteiger partial charge in [0.15, 0.2) is 9.84 Å². The highest BCUT2D eigenvalue weighted by atomic mass is 35.5. The van der Waals surface area contributed by atoms with Crippen LogP contribution in [-0.4, -0.2) is 43.7 Å². The minimum absolute atomic E-state index is 0.0384. The zero-order valence-corrected chi connectivity index (χ0v) is 15.0. The fourth-order valence-corrected chi connectivity index (χ4v) is 4.28. The van der Waals surface area contributed by atoms with Gasteiger partial charge in [0.2, 0.25) is 5.91 Å². The van der Waals surface area contributed by atoms with Crippen LogP contribution >= 0.6 is 11.6 Å². The van der Waals surface area contributed by atoms with Crippen molar-refractivity contribution in [3.8, 4) is 0 Å². The third-order valence-electron chi connectivity index (χ3n) is 3.77. The first-order valence-corrected chi connectivity index (χ1v) is 9.75. The van der Waals surface area contributed by atoms with Crippen molar-refractivity contribution in [3.63, 3.8) is 0 Å². The Hall–Kier alpha value is -2.13. The van der Waals surface area contributed by atoms with Gasteiger partial charge in [-0.1, -0.05) is 23.7 Å². The molecule has 1 aliphatic rings. The SMILES string of the molecule is C[C@H](NC(=O)c1ccccc1Cl)C(=O)NNC(=O)[C@H]1CCS(=O)(=O)C1. The minimum atomic E-state index is -3.19. The molecule has 3 amide bonds. The summed E-state index contributed by atoms with van der Waals surface area (Å²) < 4.78 is 22.7. The van der Waals surface area contributed by atoms with Gasteiger partial charge < -0.3 is 5.32 Å². The van der Waals surface area contributed by atoms with E-state index in [-0.39, 0.29) is 28.5 Å². The molecule has 0 radical (unpaired) electrons. The number of benzene rings is 1. The van der Waals surface area contributed by atoms with E-state index in [0.717, 1.165) is 0 Å². The molecule has 25 heavy (non-hydrogen) atoms. The van der Waals surface area contributed by atoms with Gasteiger partial charge in [0, 0.05) is 0 Å². The third-order valence-corrected chi connectivity index (χ3v) is 5.87. The van der Waals surface area contributed by atoms with Crippen LogP contribution in [0.5, 0.6) is 0 Å². The van der Waals surface area contributed by atoms with Crippen LogP contribution in [0.2, 0.25) is 5.02 Å². The Labute approximate surface area is 150 Å². The van der Waals surface area contributed by atoms with E-state index in [1.807, 2.05) is 0 Å². The first-order valence-electron chi connectivity index (χ1n) is 7.55. The molecule has 0 saturated carbocycles. The molecule has 0 unspecified atom stereocenters. The van der Waals surface area contributed by atoms with E-state index in [1.54, 1.807) is 18.2 Å². The van der Waals surface area contributed by atoms with Crippen LogP contribution in [0, 0.1) is 5.92 Å². The van der Waals surface area contributed by atoms with Gasteiger partial charge in [-0.15, -0.1) is 0 Å². The van der Waals surface area contributed by atoms with Gasteiger partial charge in [0.05, 0.1) is 28.0 Å². The molecule has 1 heterocycles. The summed E-state index contributed by atoms with van der Waals surface area (Å²) in [5, 5.41) is 2.71. The van der Waals surface area contributed by atoms with Crippen molar-refractivity contribution in [3.05, 3.63) is 34.9 Å². The van der Waals surface area contributed by atoms with Crippen molar-refractivity contribution in [2.24, 2.45) is 5.92 Å². The van der Waals surface area contributed by atoms with Crippen LogP contribution in [0.3, 0.4) is 0 Å². The Balaban J connectivity index is 1.83. The maximum absolute atomic E-state index is 12.1. The molecule has 1 aliphatic heterocycles. The van der Waals surface area contributed by atoms with E-state index in [4.69, 9.17) is 11.6 Å². The minimum Gasteiger partial charge on any atom is -0.340 e. The van der Waals surface area contributed by atoms with E-state index in [9.17, 15) is 22.8 Å². The first kappa shape index (κ1) is 19.2. The van der Waals surface area contributed by atoms with Crippen LogP contribution in [0.25, 0.3) is 0 Å². The molecule has 3 N–H and O–H groups in total. The molecule has 2 atom stereocenters. The van der Waals surface area contributed by atoms with Crippen LogP contribution in [0.15, 0.2) is 24.3 Å². The van der Waals surface area contributed by atoms with Gasteiger partial charge >= 0.3 is 0 Å². The lowest BCUT2D eigenvalue weighted by atomic mass is 10.1. The molecular weight excluding hydrogens is 370 g/mol. The van der Waals surface area contributed by atoms with E-state index in [0.29, 0.717) is 0 Å². The Morgan fingerprint density at radius 1 is 1.20 bits per heavy atom. The highest BCUT2D eigenvalue weighted by molar-refractivity contribution is 7.91. The first-order chi connectivity index (χ1) is 11.7. The number of hydrogen-bond donors (Lipinski definition) is 3. The summed E-state index contributed by atoms with van der Waals surface area (Å²) in [6, 6.07) is 5.45. The maximum atomic E-state index is 12.1. The predicted octanol–water partition coefficient (Wildman–Crippen LogP) is 0.0404. The van der Waals surface area contributed by atoms with Gasteiger partial charge in [-0.25, -0.2) is 8.42 Å². The monoisotopic (exact) mass is 387 g/mol. The number of nitrogens with one attached hydrogen (secondary N) is 3. The molecule has 1 fully saturated rings. The lowest BCUT2D eigenvalue weighted by Crippen LogP contribution is -2.52. The molecule has 0 bridgehead atoms. The average Bonchev–Trinajstić information content (AvgIpc) is 2.92. The van der Waals surface area contributed by atoms with Crippen molar-refractivity contribution >= 4 is 39.2 Å². The Morgan fingerprint density at radius 3 is 2.48 bits per heavy atom. The van der Waals surface area contributed by atoms with Gasteiger partial charge in [0.25, 0.3) is 11.8 Å². The zero-order valence-electron chi connectivity index (χ0n) is 13.4. The summed E-state index contributed by atoms with van der Waals surface area (Å²) in [6.07, 6.45) is 0.225. The largest absolute Gasteiger partial charge is 0.340 e. The van der Waals surface area contributed by atoms with E-state index >= 15 is 0 Å². The fourth-order valence-electron chi connectivity index (χ4n) is 2.32. The van der Waals surface area contributed by atoms with Crippen LogP contribution in [-0.2, 0) is 19.4 Å². The summed E-state index contributed by atoms with van der Waals surface area (Å²) >= 11 is 5.91. The molecule has 1 aromatic carbocycles. The van der Waals surface area contributed by atoms with Crippen molar-refractivity contribution in [2.45, 2.75) is 19.4 Å². The third kappa shape index (κ3) is 5.17. The van der Waals surface area contributed by atoms with E-state index in [1.165, 1.54) is 13.0 Å². The molecule has 2 rings (SSSR count). The summed E-state index contributed by atoms with van der Waals surface area (Å²) in [5.74, 6) is -2.69. The number of halogens is 1. The number of hydrogen-bond acceptors (Lipinski definition) is 5. The normalized spacial score (nSPS) is 19.7. The van der Waals surface area contributed by atoms with Crippen LogP contribution in [0.1, 0.15) is 23.7 Å². The summed E-state index contributed by atoms with van der Waals surface area (Å²) in [4.78, 5) is 35.9. The van der Waals surface area contributed by atoms with Crippen molar-refractivity contribution in [2.75, 3.05) is 11.5 Å². The number of sulfone groups is 1. The molecule has 0 aliphatic carbocycles. The Morgan fingerprint density at radius 2 is 1.88 bits per heavy atom. The molecule has 0 spiro atoms. The van der Waals surface area contributed by atoms with Gasteiger partial charge in [-0.2, -0.15) is 0 Å². The molecule has 136 valence electrons. The molecular formula is C15H18ClN3O5S. The predicted molar refractivity (Wildman–Crippen MR) is 91.4 cm³/mol. The maximum Gasteiger partial charge on any atom is 0.260 e. The lowest BCUT2D eigenvalue weighted by Gasteiger charge is -2.16. The fraction of sp³-hybridized carbons (Fsp3) is 0.400. The van der Waals surface area contributed by atoms with Crippen LogP contribution < -0.4 is 16.2 Å². The van der Waals surface area contributed by atoms with Crippen molar-refractivity contribution in [1.82, 2.24) is 16.2 Å². The van der Waals surface area contributed by atoms with Crippen LogP contribution in [0.4, 0.5) is 0 Å².